The lowest BCUT2D eigenvalue weighted by Crippen LogP contribution is -2.58. The second kappa shape index (κ2) is 12.1. The Labute approximate surface area is 247 Å². The SMILES string of the molecule is CC(=O)CC[C@]12CC[C@@H](C)[C@](C)(C1)[C@H](OC(=O)COc1ccc3c(c1F)B(O)OC3)C[C@@](C)(/C=C/C(N)=O)[C@@H](O)[C@@H]2C. The van der Waals surface area contributed by atoms with E-state index in [2.05, 4.69) is 13.8 Å². The van der Waals surface area contributed by atoms with Crippen LogP contribution in [-0.2, 0) is 30.4 Å². The van der Waals surface area contributed by atoms with E-state index in [-0.39, 0.29) is 41.9 Å². The number of rotatable bonds is 9. The minimum atomic E-state index is -1.40. The Hall–Kier alpha value is -2.76. The van der Waals surface area contributed by atoms with E-state index in [1.165, 1.54) is 12.1 Å². The summed E-state index contributed by atoms with van der Waals surface area (Å²) in [6.45, 7) is 9.11. The molecule has 2 aliphatic carbocycles. The molecule has 2 bridgehead atoms. The van der Waals surface area contributed by atoms with Crippen LogP contribution in [0.2, 0.25) is 0 Å². The first-order valence-electron chi connectivity index (χ1n) is 14.7. The van der Waals surface area contributed by atoms with Crippen molar-refractivity contribution >= 4 is 30.2 Å². The number of ether oxygens (including phenoxy) is 2. The summed E-state index contributed by atoms with van der Waals surface area (Å²) in [5.41, 5.74) is 4.02. The van der Waals surface area contributed by atoms with Crippen LogP contribution >= 0.6 is 0 Å². The third-order valence-corrected chi connectivity index (χ3v) is 10.5. The monoisotopic (exact) mass is 587 g/mol. The lowest BCUT2D eigenvalue weighted by molar-refractivity contribution is -0.190. The number of nitrogens with two attached hydrogens (primary N) is 1. The van der Waals surface area contributed by atoms with Crippen LogP contribution in [0.25, 0.3) is 0 Å². The van der Waals surface area contributed by atoms with E-state index in [1.54, 1.807) is 19.1 Å². The van der Waals surface area contributed by atoms with Gasteiger partial charge in [0.05, 0.1) is 12.7 Å². The van der Waals surface area contributed by atoms with Crippen molar-refractivity contribution in [3.05, 3.63) is 35.7 Å². The molecule has 4 rings (SSSR count). The summed E-state index contributed by atoms with van der Waals surface area (Å²) in [5, 5.41) is 21.8. The predicted molar refractivity (Wildman–Crippen MR) is 154 cm³/mol. The number of aliphatic hydroxyl groups is 1. The van der Waals surface area contributed by atoms with Gasteiger partial charge in [0.2, 0.25) is 5.91 Å². The zero-order valence-corrected chi connectivity index (χ0v) is 25.2. The van der Waals surface area contributed by atoms with Crippen molar-refractivity contribution in [1.29, 1.82) is 0 Å². The molecule has 9 nitrogen and oxygen atoms in total. The van der Waals surface area contributed by atoms with E-state index in [4.69, 9.17) is 19.9 Å². The molecule has 1 amide bonds. The molecule has 0 radical (unpaired) electrons. The number of carbonyl (C=O) groups is 3. The third kappa shape index (κ3) is 6.14. The highest BCUT2D eigenvalue weighted by Gasteiger charge is 2.59. The van der Waals surface area contributed by atoms with Gasteiger partial charge in [-0.05, 0) is 74.0 Å². The van der Waals surface area contributed by atoms with E-state index in [0.29, 0.717) is 24.8 Å². The Bertz CT molecular complexity index is 1260. The maximum absolute atomic E-state index is 15.0. The van der Waals surface area contributed by atoms with Gasteiger partial charge in [-0.15, -0.1) is 0 Å². The predicted octanol–water partition coefficient (Wildman–Crippen LogP) is 2.96. The summed E-state index contributed by atoms with van der Waals surface area (Å²) >= 11 is 0. The van der Waals surface area contributed by atoms with Crippen LogP contribution in [0, 0.1) is 33.9 Å². The van der Waals surface area contributed by atoms with E-state index < -0.39 is 59.9 Å². The van der Waals surface area contributed by atoms with Crippen molar-refractivity contribution in [3.8, 4) is 5.75 Å². The highest BCUT2D eigenvalue weighted by atomic mass is 19.1. The maximum Gasteiger partial charge on any atom is 0.494 e. The molecular formula is C31H43BFNO8. The molecule has 42 heavy (non-hydrogen) atoms. The smallest absolute Gasteiger partial charge is 0.479 e. The number of primary amides is 1. The number of benzene rings is 1. The fourth-order valence-corrected chi connectivity index (χ4v) is 7.51. The number of hydrogen-bond donors (Lipinski definition) is 3. The van der Waals surface area contributed by atoms with Gasteiger partial charge in [0.25, 0.3) is 0 Å². The molecule has 0 aromatic heterocycles. The van der Waals surface area contributed by atoms with Crippen LogP contribution in [-0.4, -0.2) is 53.7 Å². The van der Waals surface area contributed by atoms with Gasteiger partial charge in [-0.2, -0.15) is 0 Å². The normalized spacial score (nSPS) is 34.4. The van der Waals surface area contributed by atoms with Gasteiger partial charge in [0.1, 0.15) is 11.9 Å². The number of Topliss-reactive ketones (excluding diaryl/α,β-unsaturated/α-hetero) is 1. The Balaban J connectivity index is 1.65. The average Bonchev–Trinajstić information content (AvgIpc) is 3.31. The Kier molecular flexibility index (Phi) is 9.26. The van der Waals surface area contributed by atoms with Crippen LogP contribution in [0.4, 0.5) is 4.39 Å². The number of amides is 1. The minimum Gasteiger partial charge on any atom is -0.479 e. The summed E-state index contributed by atoms with van der Waals surface area (Å²) < 4.78 is 31.7. The first-order chi connectivity index (χ1) is 19.6. The molecule has 230 valence electrons. The van der Waals surface area contributed by atoms with Crippen LogP contribution in [0.5, 0.6) is 5.75 Å². The van der Waals surface area contributed by atoms with E-state index in [0.717, 1.165) is 12.8 Å². The first-order valence-corrected chi connectivity index (χ1v) is 14.7. The van der Waals surface area contributed by atoms with E-state index in [1.807, 2.05) is 13.8 Å². The number of ketones is 1. The molecule has 0 saturated heterocycles. The Morgan fingerprint density at radius 1 is 1.26 bits per heavy atom. The van der Waals surface area contributed by atoms with Gasteiger partial charge in [-0.3, -0.25) is 4.79 Å². The van der Waals surface area contributed by atoms with Gasteiger partial charge in [0.15, 0.2) is 18.2 Å². The van der Waals surface area contributed by atoms with Gasteiger partial charge in [0, 0.05) is 22.7 Å². The summed E-state index contributed by atoms with van der Waals surface area (Å²) in [5.74, 6) is -2.36. The lowest BCUT2D eigenvalue weighted by Gasteiger charge is -2.60. The van der Waals surface area contributed by atoms with E-state index >= 15 is 4.39 Å². The molecule has 3 aliphatic rings. The average molecular weight is 587 g/mol. The largest absolute Gasteiger partial charge is 0.494 e. The summed E-state index contributed by atoms with van der Waals surface area (Å²) in [4.78, 5) is 37.1. The Morgan fingerprint density at radius 2 is 1.98 bits per heavy atom. The zero-order chi connectivity index (χ0) is 31.0. The van der Waals surface area contributed by atoms with Gasteiger partial charge < -0.3 is 34.8 Å². The fourth-order valence-electron chi connectivity index (χ4n) is 7.51. The molecule has 11 heteroatoms. The topological polar surface area (TPSA) is 145 Å². The summed E-state index contributed by atoms with van der Waals surface area (Å²) in [6, 6.07) is 2.96. The second-order valence-corrected chi connectivity index (χ2v) is 13.2. The second-order valence-electron chi connectivity index (χ2n) is 13.2. The molecule has 0 unspecified atom stereocenters. The van der Waals surface area contributed by atoms with Gasteiger partial charge in [-0.25, -0.2) is 9.18 Å². The highest BCUT2D eigenvalue weighted by Crippen LogP contribution is 2.62. The van der Waals surface area contributed by atoms with Crippen LogP contribution in [0.1, 0.15) is 78.7 Å². The highest BCUT2D eigenvalue weighted by molar-refractivity contribution is 6.61. The van der Waals surface area contributed by atoms with E-state index in [9.17, 15) is 24.5 Å². The molecular weight excluding hydrogens is 544 g/mol. The Morgan fingerprint density at radius 3 is 2.64 bits per heavy atom. The minimum absolute atomic E-state index is 0.00793. The van der Waals surface area contributed by atoms with Crippen LogP contribution in [0.15, 0.2) is 24.3 Å². The third-order valence-electron chi connectivity index (χ3n) is 10.5. The molecule has 2 fully saturated rings. The molecule has 1 aliphatic heterocycles. The van der Waals surface area contributed by atoms with Crippen molar-refractivity contribution in [2.75, 3.05) is 6.61 Å². The zero-order valence-electron chi connectivity index (χ0n) is 25.2. The number of hydrogen-bond acceptors (Lipinski definition) is 8. The van der Waals surface area contributed by atoms with Crippen molar-refractivity contribution < 1.29 is 43.0 Å². The first kappa shape index (κ1) is 32.2. The van der Waals surface area contributed by atoms with Gasteiger partial charge >= 0.3 is 13.1 Å². The molecule has 1 heterocycles. The lowest BCUT2D eigenvalue weighted by atomic mass is 9.47. The van der Waals surface area contributed by atoms with Crippen molar-refractivity contribution in [2.45, 2.75) is 92.0 Å². The number of carbonyl (C=O) groups excluding carboxylic acids is 3. The quantitative estimate of drug-likeness (QED) is 0.227. The summed E-state index contributed by atoms with van der Waals surface area (Å²) in [6.07, 6.45) is 4.70. The number of aliphatic hydroxyl groups excluding tert-OH is 1. The molecule has 7 atom stereocenters. The number of fused-ring (bicyclic) bond motifs is 3. The number of esters is 1. The van der Waals surface area contributed by atoms with Crippen molar-refractivity contribution in [2.24, 2.45) is 33.8 Å². The summed E-state index contributed by atoms with van der Waals surface area (Å²) in [7, 11) is -1.40. The molecule has 1 aromatic carbocycles. The fraction of sp³-hybridized carbons (Fsp3) is 0.645. The molecule has 1 aromatic rings. The molecule has 4 N–H and O–H groups in total. The van der Waals surface area contributed by atoms with Crippen LogP contribution in [0.3, 0.4) is 0 Å². The maximum atomic E-state index is 15.0. The van der Waals surface area contributed by atoms with Gasteiger partial charge in [-0.1, -0.05) is 39.8 Å². The number of halogens is 1. The van der Waals surface area contributed by atoms with Crippen molar-refractivity contribution in [3.63, 3.8) is 0 Å². The van der Waals surface area contributed by atoms with Crippen molar-refractivity contribution in [1.82, 2.24) is 0 Å². The standard InChI is InChI=1S/C31H43BFNO8/c1-18-8-12-31(13-9-19(2)35)17-30(18,5)23(14-29(4,11-10-24(34)36)28(38)20(31)3)42-25(37)16-40-22-7-6-21-15-41-32(39)26(21)27(22)33/h6-7,10-11,18,20,23,28,38-39H,8-9,12-17H2,1-5H3,(H2,34,36)/b11-10+/t18-,20+,23-,28+,29-,30+,31-/m1/s1. The molecule has 2 saturated carbocycles. The molecule has 0 spiro atoms. The van der Waals surface area contributed by atoms with Crippen LogP contribution < -0.4 is 15.9 Å².